The number of nitro groups is 1. The molecule has 2 aromatic carbocycles. The molecule has 0 unspecified atom stereocenters. The number of carbonyl (C=O) groups is 1. The molecule has 7 heteroatoms. The summed E-state index contributed by atoms with van der Waals surface area (Å²) in [6, 6.07) is 11.2. The summed E-state index contributed by atoms with van der Waals surface area (Å²) in [6.45, 7) is 2.28. The number of aryl methyl sites for hydroxylation is 1. The van der Waals surface area contributed by atoms with Crippen molar-refractivity contribution in [1.82, 2.24) is 4.57 Å². The third-order valence-electron chi connectivity index (χ3n) is 3.67. The second kappa shape index (κ2) is 6.71. The Kier molecular flexibility index (Phi) is 4.46. The Balaban J connectivity index is 2.10. The zero-order valence-corrected chi connectivity index (χ0v) is 14.1. The molecule has 0 radical (unpaired) electrons. The van der Waals surface area contributed by atoms with Crippen LogP contribution in [0.4, 0.5) is 5.69 Å². The van der Waals surface area contributed by atoms with Crippen LogP contribution in [0.5, 0.6) is 0 Å². The lowest BCUT2D eigenvalue weighted by molar-refractivity contribution is -0.384. The number of rotatable bonds is 3. The number of non-ortho nitro benzene ring substituents is 1. The van der Waals surface area contributed by atoms with Gasteiger partial charge in [0.15, 0.2) is 4.80 Å². The fourth-order valence-electron chi connectivity index (χ4n) is 2.51. The second-order valence-corrected chi connectivity index (χ2v) is 6.33. The van der Waals surface area contributed by atoms with Gasteiger partial charge in [0.1, 0.15) is 0 Å². The number of nitrogens with zero attached hydrogens (tertiary/aromatic N) is 3. The summed E-state index contributed by atoms with van der Waals surface area (Å²) in [5, 5.41) is 10.7. The Morgan fingerprint density at radius 2 is 2.04 bits per heavy atom. The Hall–Kier alpha value is -3.24. The molecule has 1 heterocycles. The molecule has 1 amide bonds. The lowest BCUT2D eigenvalue weighted by Crippen LogP contribution is -2.16. The van der Waals surface area contributed by atoms with Gasteiger partial charge in [0.25, 0.3) is 11.6 Å². The average Bonchev–Trinajstić information content (AvgIpc) is 2.94. The first-order valence-corrected chi connectivity index (χ1v) is 8.19. The SMILES string of the molecule is C#CCn1c(=NC(=O)c2ccc([N+](=O)[O-])cc2)sc2cccc(C)c21. The van der Waals surface area contributed by atoms with Crippen molar-refractivity contribution >= 4 is 33.1 Å². The Morgan fingerprint density at radius 3 is 2.68 bits per heavy atom. The number of fused-ring (bicyclic) bond motifs is 1. The van der Waals surface area contributed by atoms with Gasteiger partial charge in [-0.2, -0.15) is 4.99 Å². The van der Waals surface area contributed by atoms with E-state index in [0.29, 0.717) is 11.3 Å². The number of thiazole rings is 1. The van der Waals surface area contributed by atoms with Crippen LogP contribution in [0.15, 0.2) is 47.5 Å². The fourth-order valence-corrected chi connectivity index (χ4v) is 3.61. The normalized spacial score (nSPS) is 11.4. The van der Waals surface area contributed by atoms with Crippen LogP contribution in [0.2, 0.25) is 0 Å². The number of para-hydroxylation sites is 1. The summed E-state index contributed by atoms with van der Waals surface area (Å²) in [5.74, 6) is 2.12. The van der Waals surface area contributed by atoms with E-state index in [1.54, 1.807) is 0 Å². The second-order valence-electron chi connectivity index (χ2n) is 5.32. The van der Waals surface area contributed by atoms with E-state index in [0.717, 1.165) is 15.8 Å². The van der Waals surface area contributed by atoms with Crippen LogP contribution in [-0.4, -0.2) is 15.4 Å². The molecule has 0 aliphatic heterocycles. The molecule has 0 bridgehead atoms. The van der Waals surface area contributed by atoms with E-state index in [4.69, 9.17) is 6.42 Å². The maximum Gasteiger partial charge on any atom is 0.279 e. The minimum absolute atomic E-state index is 0.0727. The molecular weight excluding hydrogens is 338 g/mol. The van der Waals surface area contributed by atoms with Crippen LogP contribution < -0.4 is 4.80 Å². The largest absolute Gasteiger partial charge is 0.304 e. The quantitative estimate of drug-likeness (QED) is 0.413. The summed E-state index contributed by atoms with van der Waals surface area (Å²) in [5.41, 5.74) is 2.22. The van der Waals surface area contributed by atoms with Crippen molar-refractivity contribution in [3.8, 4) is 12.3 Å². The lowest BCUT2D eigenvalue weighted by atomic mass is 10.2. The highest BCUT2D eigenvalue weighted by Crippen LogP contribution is 2.21. The molecule has 6 nitrogen and oxygen atoms in total. The van der Waals surface area contributed by atoms with Gasteiger partial charge in [0.05, 0.1) is 21.7 Å². The van der Waals surface area contributed by atoms with Gasteiger partial charge in [0.2, 0.25) is 0 Å². The summed E-state index contributed by atoms with van der Waals surface area (Å²) < 4.78 is 2.82. The minimum Gasteiger partial charge on any atom is -0.304 e. The van der Waals surface area contributed by atoms with Crippen molar-refractivity contribution in [1.29, 1.82) is 0 Å². The molecule has 0 aliphatic rings. The van der Waals surface area contributed by atoms with Crippen LogP contribution in [0.25, 0.3) is 10.2 Å². The third kappa shape index (κ3) is 3.20. The first-order chi connectivity index (χ1) is 12.0. The van der Waals surface area contributed by atoms with Gasteiger partial charge in [-0.05, 0) is 30.7 Å². The molecule has 0 atom stereocenters. The van der Waals surface area contributed by atoms with Crippen molar-refractivity contribution < 1.29 is 9.72 Å². The zero-order chi connectivity index (χ0) is 18.0. The smallest absolute Gasteiger partial charge is 0.279 e. The number of nitro benzene ring substituents is 1. The molecule has 0 spiro atoms. The predicted octanol–water partition coefficient (Wildman–Crippen LogP) is 3.29. The molecule has 3 rings (SSSR count). The molecule has 0 aliphatic carbocycles. The van der Waals surface area contributed by atoms with Crippen molar-refractivity contribution in [3.05, 3.63) is 68.5 Å². The maximum absolute atomic E-state index is 12.4. The van der Waals surface area contributed by atoms with Gasteiger partial charge in [-0.15, -0.1) is 6.42 Å². The number of hydrogen-bond donors (Lipinski definition) is 0. The number of carbonyl (C=O) groups excluding carboxylic acids is 1. The van der Waals surface area contributed by atoms with E-state index in [2.05, 4.69) is 10.9 Å². The zero-order valence-electron chi connectivity index (χ0n) is 13.3. The van der Waals surface area contributed by atoms with Crippen molar-refractivity contribution in [2.75, 3.05) is 0 Å². The monoisotopic (exact) mass is 351 g/mol. The molecule has 0 N–H and O–H groups in total. The summed E-state index contributed by atoms with van der Waals surface area (Å²) >= 11 is 1.38. The lowest BCUT2D eigenvalue weighted by Gasteiger charge is -2.02. The van der Waals surface area contributed by atoms with Gasteiger partial charge in [-0.3, -0.25) is 14.9 Å². The summed E-state index contributed by atoms with van der Waals surface area (Å²) in [7, 11) is 0. The first kappa shape index (κ1) is 16.6. The molecule has 3 aromatic rings. The predicted molar refractivity (Wildman–Crippen MR) is 96.4 cm³/mol. The van der Waals surface area contributed by atoms with Crippen molar-refractivity contribution in [3.63, 3.8) is 0 Å². The number of benzene rings is 2. The van der Waals surface area contributed by atoms with E-state index in [1.165, 1.54) is 35.6 Å². The minimum atomic E-state index is -0.513. The first-order valence-electron chi connectivity index (χ1n) is 7.37. The number of hydrogen-bond acceptors (Lipinski definition) is 4. The molecule has 0 saturated heterocycles. The highest BCUT2D eigenvalue weighted by atomic mass is 32.1. The Morgan fingerprint density at radius 1 is 1.32 bits per heavy atom. The number of terminal acetylenes is 1. The van der Waals surface area contributed by atoms with Crippen LogP contribution in [0, 0.1) is 29.4 Å². The van der Waals surface area contributed by atoms with E-state index in [9.17, 15) is 14.9 Å². The number of amides is 1. The van der Waals surface area contributed by atoms with Crippen LogP contribution in [0.1, 0.15) is 15.9 Å². The van der Waals surface area contributed by atoms with Crippen LogP contribution >= 0.6 is 11.3 Å². The topological polar surface area (TPSA) is 77.5 Å². The van der Waals surface area contributed by atoms with E-state index in [-0.39, 0.29) is 11.3 Å². The Labute approximate surface area is 147 Å². The standard InChI is InChI=1S/C18H13N3O3S/c1-3-11-20-16-12(2)5-4-6-15(16)25-18(20)19-17(22)13-7-9-14(10-8-13)21(23)24/h1,4-10H,11H2,2H3. The molecule has 25 heavy (non-hydrogen) atoms. The van der Waals surface area contributed by atoms with Crippen molar-refractivity contribution in [2.24, 2.45) is 4.99 Å². The molecule has 0 fully saturated rings. The third-order valence-corrected chi connectivity index (χ3v) is 4.72. The summed E-state index contributed by atoms with van der Waals surface area (Å²) in [6.07, 6.45) is 5.46. The molecule has 0 saturated carbocycles. The van der Waals surface area contributed by atoms with Crippen LogP contribution in [-0.2, 0) is 6.54 Å². The van der Waals surface area contributed by atoms with E-state index < -0.39 is 10.8 Å². The van der Waals surface area contributed by atoms with Gasteiger partial charge in [-0.1, -0.05) is 29.4 Å². The van der Waals surface area contributed by atoms with E-state index >= 15 is 0 Å². The summed E-state index contributed by atoms with van der Waals surface area (Å²) in [4.78, 5) is 27.3. The highest BCUT2D eigenvalue weighted by molar-refractivity contribution is 7.16. The number of aromatic nitrogens is 1. The van der Waals surface area contributed by atoms with Gasteiger partial charge in [0, 0.05) is 17.7 Å². The van der Waals surface area contributed by atoms with Gasteiger partial charge < -0.3 is 4.57 Å². The van der Waals surface area contributed by atoms with Crippen molar-refractivity contribution in [2.45, 2.75) is 13.5 Å². The van der Waals surface area contributed by atoms with Gasteiger partial charge >= 0.3 is 0 Å². The highest BCUT2D eigenvalue weighted by Gasteiger charge is 2.12. The molecule has 124 valence electrons. The average molecular weight is 351 g/mol. The van der Waals surface area contributed by atoms with E-state index in [1.807, 2.05) is 29.7 Å². The van der Waals surface area contributed by atoms with Crippen LogP contribution in [0.3, 0.4) is 0 Å². The fraction of sp³-hybridized carbons (Fsp3) is 0.111. The molecular formula is C18H13N3O3S. The van der Waals surface area contributed by atoms with Gasteiger partial charge in [-0.25, -0.2) is 0 Å². The maximum atomic E-state index is 12.4. The molecule has 1 aromatic heterocycles. The Bertz CT molecular complexity index is 1090.